The maximum atomic E-state index is 12.3. The van der Waals surface area contributed by atoms with E-state index < -0.39 is 18.5 Å². The van der Waals surface area contributed by atoms with Gasteiger partial charge in [0.1, 0.15) is 30.7 Å². The summed E-state index contributed by atoms with van der Waals surface area (Å²) in [6.07, 6.45) is 0.532. The highest BCUT2D eigenvalue weighted by atomic mass is 19.4. The third-order valence-corrected chi connectivity index (χ3v) is 3.72. The fraction of sp³-hybridized carbons (Fsp3) is 0.429. The Balaban J connectivity index is 1.63. The lowest BCUT2D eigenvalue weighted by molar-refractivity contribution is -0.161. The molecule has 0 spiro atoms. The minimum atomic E-state index is -4.47. The average Bonchev–Trinajstić information content (AvgIpc) is 3.08. The first kappa shape index (κ1) is 16.2. The van der Waals surface area contributed by atoms with E-state index in [2.05, 4.69) is 15.0 Å². The van der Waals surface area contributed by atoms with E-state index in [4.69, 9.17) is 0 Å². The molecular formula is C14H15F3N6O. The second-order valence-electron chi connectivity index (χ2n) is 5.36. The average molecular weight is 340 g/mol. The Morgan fingerprint density at radius 2 is 1.83 bits per heavy atom. The predicted octanol–water partition coefficient (Wildman–Crippen LogP) is 1.26. The largest absolute Gasteiger partial charge is 0.397 e. The van der Waals surface area contributed by atoms with Gasteiger partial charge in [-0.1, -0.05) is 0 Å². The molecule has 0 unspecified atom stereocenters. The summed E-state index contributed by atoms with van der Waals surface area (Å²) < 4.78 is 38.6. The summed E-state index contributed by atoms with van der Waals surface area (Å²) in [5.41, 5.74) is 0. The van der Waals surface area contributed by atoms with Crippen LogP contribution in [0.2, 0.25) is 0 Å². The van der Waals surface area contributed by atoms with E-state index in [-0.39, 0.29) is 13.1 Å². The standard InChI is InChI=1S/C14H15F3N6O/c15-14(16,17)8-13(24)22-5-3-21(4-6-22)11-7-12(20-9-19-11)23-2-1-18-10-23/h1-2,7,9-10H,3-6,8H2. The first-order chi connectivity index (χ1) is 11.4. The van der Waals surface area contributed by atoms with Crippen LogP contribution < -0.4 is 4.90 Å². The molecule has 2 aromatic rings. The third kappa shape index (κ3) is 3.81. The summed E-state index contributed by atoms with van der Waals surface area (Å²) in [6.45, 7) is 1.31. The highest BCUT2D eigenvalue weighted by Gasteiger charge is 2.34. The molecule has 1 fully saturated rings. The summed E-state index contributed by atoms with van der Waals surface area (Å²) in [5.74, 6) is 0.425. The molecule has 1 saturated heterocycles. The van der Waals surface area contributed by atoms with Crippen molar-refractivity contribution < 1.29 is 18.0 Å². The summed E-state index contributed by atoms with van der Waals surface area (Å²) in [5, 5.41) is 0. The Labute approximate surface area is 135 Å². The molecule has 1 amide bonds. The summed E-state index contributed by atoms with van der Waals surface area (Å²) in [7, 11) is 0. The van der Waals surface area contributed by atoms with Crippen LogP contribution in [-0.2, 0) is 4.79 Å². The summed E-state index contributed by atoms with van der Waals surface area (Å²) in [6, 6.07) is 1.77. The molecule has 2 aromatic heterocycles. The van der Waals surface area contributed by atoms with Crippen LogP contribution >= 0.6 is 0 Å². The zero-order chi connectivity index (χ0) is 17.2. The zero-order valence-corrected chi connectivity index (χ0v) is 12.6. The van der Waals surface area contributed by atoms with Gasteiger partial charge in [-0.05, 0) is 0 Å². The van der Waals surface area contributed by atoms with Gasteiger partial charge in [0.2, 0.25) is 5.91 Å². The highest BCUT2D eigenvalue weighted by molar-refractivity contribution is 5.77. The molecule has 0 saturated carbocycles. The van der Waals surface area contributed by atoms with Gasteiger partial charge < -0.3 is 9.80 Å². The van der Waals surface area contributed by atoms with Gasteiger partial charge in [0, 0.05) is 44.6 Å². The molecule has 0 aromatic carbocycles. The van der Waals surface area contributed by atoms with E-state index in [0.717, 1.165) is 0 Å². The number of anilines is 1. The van der Waals surface area contributed by atoms with Crippen molar-refractivity contribution in [1.82, 2.24) is 24.4 Å². The summed E-state index contributed by atoms with van der Waals surface area (Å²) >= 11 is 0. The third-order valence-electron chi connectivity index (χ3n) is 3.72. The lowest BCUT2D eigenvalue weighted by atomic mass is 10.2. The van der Waals surface area contributed by atoms with E-state index >= 15 is 0 Å². The molecule has 0 aliphatic carbocycles. The number of rotatable bonds is 3. The van der Waals surface area contributed by atoms with Crippen molar-refractivity contribution in [2.45, 2.75) is 12.6 Å². The molecule has 0 bridgehead atoms. The minimum absolute atomic E-state index is 0.235. The SMILES string of the molecule is O=C(CC(F)(F)F)N1CCN(c2cc(-n3ccnc3)ncn2)CC1. The highest BCUT2D eigenvalue weighted by Crippen LogP contribution is 2.22. The normalized spacial score (nSPS) is 15.6. The number of imidazole rings is 1. The number of nitrogens with zero attached hydrogens (tertiary/aromatic N) is 6. The molecule has 7 nitrogen and oxygen atoms in total. The van der Waals surface area contributed by atoms with Crippen molar-refractivity contribution in [3.05, 3.63) is 31.1 Å². The van der Waals surface area contributed by atoms with Gasteiger partial charge in [-0.25, -0.2) is 15.0 Å². The number of piperazine rings is 1. The molecule has 0 radical (unpaired) electrons. The van der Waals surface area contributed by atoms with Gasteiger partial charge >= 0.3 is 6.18 Å². The molecule has 128 valence electrons. The van der Waals surface area contributed by atoms with E-state index in [1.165, 1.54) is 11.2 Å². The predicted molar refractivity (Wildman–Crippen MR) is 78.6 cm³/mol. The number of hydrogen-bond donors (Lipinski definition) is 0. The molecule has 0 N–H and O–H groups in total. The number of carbonyl (C=O) groups excluding carboxylic acids is 1. The quantitative estimate of drug-likeness (QED) is 0.842. The number of carbonyl (C=O) groups is 1. The lowest BCUT2D eigenvalue weighted by Gasteiger charge is -2.35. The Kier molecular flexibility index (Phi) is 4.36. The van der Waals surface area contributed by atoms with Crippen molar-refractivity contribution in [2.24, 2.45) is 0 Å². The van der Waals surface area contributed by atoms with Gasteiger partial charge in [0.05, 0.1) is 0 Å². The molecule has 3 heterocycles. The van der Waals surface area contributed by atoms with Crippen LogP contribution in [0.15, 0.2) is 31.1 Å². The minimum Gasteiger partial charge on any atom is -0.353 e. The van der Waals surface area contributed by atoms with Crippen LogP contribution in [-0.4, -0.2) is 62.7 Å². The van der Waals surface area contributed by atoms with Gasteiger partial charge in [-0.3, -0.25) is 9.36 Å². The Bertz CT molecular complexity index is 695. The van der Waals surface area contributed by atoms with Gasteiger partial charge in [0.15, 0.2) is 0 Å². The zero-order valence-electron chi connectivity index (χ0n) is 12.6. The van der Waals surface area contributed by atoms with Crippen LogP contribution in [0.3, 0.4) is 0 Å². The van der Waals surface area contributed by atoms with E-state index in [1.54, 1.807) is 29.4 Å². The van der Waals surface area contributed by atoms with Gasteiger partial charge in [0.25, 0.3) is 0 Å². The number of amides is 1. The number of hydrogen-bond acceptors (Lipinski definition) is 5. The molecule has 3 rings (SSSR count). The number of halogens is 3. The first-order valence-corrected chi connectivity index (χ1v) is 7.32. The van der Waals surface area contributed by atoms with Crippen LogP contribution in [0.5, 0.6) is 0 Å². The van der Waals surface area contributed by atoms with Crippen LogP contribution in [0.25, 0.3) is 5.82 Å². The lowest BCUT2D eigenvalue weighted by Crippen LogP contribution is -2.49. The van der Waals surface area contributed by atoms with Crippen molar-refractivity contribution in [3.63, 3.8) is 0 Å². The van der Waals surface area contributed by atoms with Gasteiger partial charge in [-0.2, -0.15) is 13.2 Å². The Morgan fingerprint density at radius 1 is 1.12 bits per heavy atom. The molecule has 1 aliphatic heterocycles. The molecule has 10 heteroatoms. The van der Waals surface area contributed by atoms with Crippen molar-refractivity contribution in [2.75, 3.05) is 31.1 Å². The fourth-order valence-corrected chi connectivity index (χ4v) is 2.51. The first-order valence-electron chi connectivity index (χ1n) is 7.32. The molecular weight excluding hydrogens is 325 g/mol. The smallest absolute Gasteiger partial charge is 0.353 e. The molecule has 1 aliphatic rings. The van der Waals surface area contributed by atoms with Crippen molar-refractivity contribution in [3.8, 4) is 5.82 Å². The second-order valence-corrected chi connectivity index (χ2v) is 5.36. The maximum absolute atomic E-state index is 12.3. The van der Waals surface area contributed by atoms with Crippen molar-refractivity contribution in [1.29, 1.82) is 0 Å². The number of alkyl halides is 3. The van der Waals surface area contributed by atoms with E-state index in [0.29, 0.717) is 24.7 Å². The number of aromatic nitrogens is 4. The van der Waals surface area contributed by atoms with E-state index in [1.807, 2.05) is 4.90 Å². The Morgan fingerprint density at radius 3 is 2.46 bits per heavy atom. The van der Waals surface area contributed by atoms with E-state index in [9.17, 15) is 18.0 Å². The van der Waals surface area contributed by atoms with Crippen LogP contribution in [0.1, 0.15) is 6.42 Å². The van der Waals surface area contributed by atoms with Crippen molar-refractivity contribution >= 4 is 11.7 Å². The van der Waals surface area contributed by atoms with Gasteiger partial charge in [-0.15, -0.1) is 0 Å². The van der Waals surface area contributed by atoms with Crippen LogP contribution in [0, 0.1) is 0 Å². The molecule has 0 atom stereocenters. The molecule has 24 heavy (non-hydrogen) atoms. The maximum Gasteiger partial charge on any atom is 0.397 e. The van der Waals surface area contributed by atoms with Crippen LogP contribution in [0.4, 0.5) is 19.0 Å². The summed E-state index contributed by atoms with van der Waals surface area (Å²) in [4.78, 5) is 27.1. The Hall–Kier alpha value is -2.65. The topological polar surface area (TPSA) is 67.2 Å². The fourth-order valence-electron chi connectivity index (χ4n) is 2.51. The monoisotopic (exact) mass is 340 g/mol. The second kappa shape index (κ2) is 6.46.